The molecule has 1 saturated carbocycles. The van der Waals surface area contributed by atoms with Crippen LogP contribution in [0.4, 0.5) is 0 Å². The van der Waals surface area contributed by atoms with Crippen molar-refractivity contribution in [1.29, 1.82) is 0 Å². The third kappa shape index (κ3) is 2.57. The topological polar surface area (TPSA) is 83.7 Å². The first-order chi connectivity index (χ1) is 9.91. The maximum Gasteiger partial charge on any atom is 0.248 e. The Labute approximate surface area is 123 Å². The standard InChI is InChI=1S/C13H19N3O4S/c1-9-12(10(2)20-14-9)21(18,19)16-7-5-15(6-8-16)13(17)11-3-4-11/h11H,3-8H2,1-2H3. The SMILES string of the molecule is Cc1noc(C)c1S(=O)(=O)N1CCN(C(=O)C2CC2)CC1. The predicted octanol–water partition coefficient (Wildman–Crippen LogP) is 0.534. The molecular formula is C13H19N3O4S. The highest BCUT2D eigenvalue weighted by atomic mass is 32.2. The van der Waals surface area contributed by atoms with Crippen LogP contribution in [-0.2, 0) is 14.8 Å². The summed E-state index contributed by atoms with van der Waals surface area (Å²) in [6, 6.07) is 0. The first kappa shape index (κ1) is 14.5. The second kappa shape index (κ2) is 5.10. The summed E-state index contributed by atoms with van der Waals surface area (Å²) in [7, 11) is -3.59. The van der Waals surface area contributed by atoms with Crippen LogP contribution in [0.2, 0.25) is 0 Å². The molecular weight excluding hydrogens is 294 g/mol. The molecule has 3 rings (SSSR count). The van der Waals surface area contributed by atoms with Crippen molar-refractivity contribution >= 4 is 15.9 Å². The fourth-order valence-electron chi connectivity index (χ4n) is 2.71. The normalized spacial score (nSPS) is 20.8. The molecule has 1 aromatic heterocycles. The van der Waals surface area contributed by atoms with Crippen LogP contribution >= 0.6 is 0 Å². The zero-order chi connectivity index (χ0) is 15.2. The van der Waals surface area contributed by atoms with Crippen LogP contribution in [0.1, 0.15) is 24.3 Å². The molecule has 2 heterocycles. The lowest BCUT2D eigenvalue weighted by Gasteiger charge is -2.34. The van der Waals surface area contributed by atoms with Crippen molar-refractivity contribution in [2.75, 3.05) is 26.2 Å². The van der Waals surface area contributed by atoms with Crippen molar-refractivity contribution in [3.63, 3.8) is 0 Å². The molecule has 0 N–H and O–H groups in total. The smallest absolute Gasteiger partial charge is 0.248 e. The molecule has 0 aromatic carbocycles. The zero-order valence-electron chi connectivity index (χ0n) is 12.2. The molecule has 0 atom stereocenters. The molecule has 1 aliphatic carbocycles. The maximum atomic E-state index is 12.6. The largest absolute Gasteiger partial charge is 0.360 e. The van der Waals surface area contributed by atoms with Gasteiger partial charge in [-0.25, -0.2) is 8.42 Å². The van der Waals surface area contributed by atoms with Crippen molar-refractivity contribution in [2.24, 2.45) is 5.92 Å². The number of amides is 1. The van der Waals surface area contributed by atoms with Crippen LogP contribution in [-0.4, -0.2) is 54.9 Å². The summed E-state index contributed by atoms with van der Waals surface area (Å²) >= 11 is 0. The van der Waals surface area contributed by atoms with Crippen LogP contribution in [0, 0.1) is 19.8 Å². The van der Waals surface area contributed by atoms with E-state index in [1.807, 2.05) is 0 Å². The highest BCUT2D eigenvalue weighted by Crippen LogP contribution is 2.31. The van der Waals surface area contributed by atoms with Crippen molar-refractivity contribution in [2.45, 2.75) is 31.6 Å². The highest BCUT2D eigenvalue weighted by Gasteiger charge is 2.38. The number of sulfonamides is 1. The number of rotatable bonds is 3. The van der Waals surface area contributed by atoms with Crippen LogP contribution in [0.5, 0.6) is 0 Å². The second-order valence-electron chi connectivity index (χ2n) is 5.66. The molecule has 0 spiro atoms. The van der Waals surface area contributed by atoms with E-state index >= 15 is 0 Å². The minimum atomic E-state index is -3.59. The lowest BCUT2D eigenvalue weighted by atomic mass is 10.3. The van der Waals surface area contributed by atoms with E-state index in [0.29, 0.717) is 37.6 Å². The van der Waals surface area contributed by atoms with Crippen molar-refractivity contribution < 1.29 is 17.7 Å². The lowest BCUT2D eigenvalue weighted by molar-refractivity contribution is -0.133. The van der Waals surface area contributed by atoms with Gasteiger partial charge in [-0.15, -0.1) is 0 Å². The Morgan fingerprint density at radius 1 is 1.19 bits per heavy atom. The molecule has 2 fully saturated rings. The molecule has 1 saturated heterocycles. The van der Waals surface area contributed by atoms with Gasteiger partial charge in [0.15, 0.2) is 5.76 Å². The number of nitrogens with zero attached hydrogens (tertiary/aromatic N) is 3. The lowest BCUT2D eigenvalue weighted by Crippen LogP contribution is -2.51. The van der Waals surface area contributed by atoms with E-state index in [9.17, 15) is 13.2 Å². The molecule has 7 nitrogen and oxygen atoms in total. The van der Waals surface area contributed by atoms with Crippen LogP contribution in [0.3, 0.4) is 0 Å². The van der Waals surface area contributed by atoms with Crippen LogP contribution < -0.4 is 0 Å². The molecule has 8 heteroatoms. The van der Waals surface area contributed by atoms with Gasteiger partial charge in [-0.2, -0.15) is 4.31 Å². The van der Waals surface area contributed by atoms with Gasteiger partial charge in [0.1, 0.15) is 10.6 Å². The third-order valence-corrected chi connectivity index (χ3v) is 6.19. The third-order valence-electron chi connectivity index (χ3n) is 4.04. The van der Waals surface area contributed by atoms with Gasteiger partial charge in [-0.3, -0.25) is 4.79 Å². The Kier molecular flexibility index (Phi) is 3.53. The first-order valence-corrected chi connectivity index (χ1v) is 8.57. The fraction of sp³-hybridized carbons (Fsp3) is 0.692. The molecule has 0 unspecified atom stereocenters. The van der Waals surface area contributed by atoms with Gasteiger partial charge in [-0.1, -0.05) is 5.16 Å². The number of carbonyl (C=O) groups is 1. The molecule has 21 heavy (non-hydrogen) atoms. The number of piperazine rings is 1. The Balaban J connectivity index is 1.72. The Morgan fingerprint density at radius 2 is 1.81 bits per heavy atom. The monoisotopic (exact) mass is 313 g/mol. The number of carbonyl (C=O) groups excluding carboxylic acids is 1. The van der Waals surface area contributed by atoms with Gasteiger partial charge in [0, 0.05) is 32.1 Å². The predicted molar refractivity (Wildman–Crippen MR) is 74.0 cm³/mol. The van der Waals surface area contributed by atoms with Crippen molar-refractivity contribution in [3.8, 4) is 0 Å². The van der Waals surface area contributed by atoms with E-state index in [1.54, 1.807) is 18.7 Å². The van der Waals surface area contributed by atoms with Gasteiger partial charge >= 0.3 is 0 Å². The quantitative estimate of drug-likeness (QED) is 0.813. The summed E-state index contributed by atoms with van der Waals surface area (Å²) in [5, 5.41) is 3.71. The van der Waals surface area contributed by atoms with Crippen molar-refractivity contribution in [3.05, 3.63) is 11.5 Å². The summed E-state index contributed by atoms with van der Waals surface area (Å²) in [6.45, 7) is 4.78. The molecule has 1 aliphatic heterocycles. The van der Waals surface area contributed by atoms with E-state index < -0.39 is 10.0 Å². The van der Waals surface area contributed by atoms with E-state index in [1.165, 1.54) is 4.31 Å². The number of hydrogen-bond donors (Lipinski definition) is 0. The molecule has 2 aliphatic rings. The molecule has 1 amide bonds. The molecule has 0 bridgehead atoms. The fourth-order valence-corrected chi connectivity index (χ4v) is 4.42. The summed E-state index contributed by atoms with van der Waals surface area (Å²) < 4.78 is 31.6. The van der Waals surface area contributed by atoms with Gasteiger partial charge in [0.05, 0.1) is 0 Å². The van der Waals surface area contributed by atoms with Gasteiger partial charge < -0.3 is 9.42 Å². The Morgan fingerprint density at radius 3 is 2.29 bits per heavy atom. The number of aryl methyl sites for hydroxylation is 2. The minimum absolute atomic E-state index is 0.157. The van der Waals surface area contributed by atoms with Crippen LogP contribution in [0.25, 0.3) is 0 Å². The number of hydrogen-bond acceptors (Lipinski definition) is 5. The zero-order valence-corrected chi connectivity index (χ0v) is 13.0. The average molecular weight is 313 g/mol. The summed E-state index contributed by atoms with van der Waals surface area (Å²) in [4.78, 5) is 13.9. The van der Waals surface area contributed by atoms with E-state index in [4.69, 9.17) is 4.52 Å². The van der Waals surface area contributed by atoms with E-state index in [0.717, 1.165) is 12.8 Å². The number of aromatic nitrogens is 1. The van der Waals surface area contributed by atoms with E-state index in [-0.39, 0.29) is 16.7 Å². The van der Waals surface area contributed by atoms with Crippen molar-refractivity contribution in [1.82, 2.24) is 14.4 Å². The summed E-state index contributed by atoms with van der Waals surface area (Å²) in [5.41, 5.74) is 0.379. The average Bonchev–Trinajstić information content (AvgIpc) is 3.24. The Bertz CT molecular complexity index is 635. The molecule has 1 aromatic rings. The van der Waals surface area contributed by atoms with Gasteiger partial charge in [0.25, 0.3) is 0 Å². The van der Waals surface area contributed by atoms with Gasteiger partial charge in [0.2, 0.25) is 15.9 Å². The summed E-state index contributed by atoms with van der Waals surface area (Å²) in [5.74, 6) is 0.657. The highest BCUT2D eigenvalue weighted by molar-refractivity contribution is 7.89. The molecule has 0 radical (unpaired) electrons. The second-order valence-corrected chi connectivity index (χ2v) is 7.53. The van der Waals surface area contributed by atoms with Crippen LogP contribution in [0.15, 0.2) is 9.42 Å². The van der Waals surface area contributed by atoms with Gasteiger partial charge in [-0.05, 0) is 26.7 Å². The maximum absolute atomic E-state index is 12.6. The first-order valence-electron chi connectivity index (χ1n) is 7.13. The Hall–Kier alpha value is -1.41. The minimum Gasteiger partial charge on any atom is -0.360 e. The molecule has 116 valence electrons. The van der Waals surface area contributed by atoms with E-state index in [2.05, 4.69) is 5.16 Å². The summed E-state index contributed by atoms with van der Waals surface area (Å²) in [6.07, 6.45) is 1.94.